The fourth-order valence-corrected chi connectivity index (χ4v) is 5.32. The molecule has 13 heteroatoms. The maximum Gasteiger partial charge on any atom is 0.342 e. The van der Waals surface area contributed by atoms with E-state index in [1.165, 1.54) is 59.4 Å². The van der Waals surface area contributed by atoms with E-state index in [0.717, 1.165) is 7.11 Å². The predicted octanol–water partition coefficient (Wildman–Crippen LogP) is 4.35. The van der Waals surface area contributed by atoms with Gasteiger partial charge >= 0.3 is 11.9 Å². The van der Waals surface area contributed by atoms with Crippen LogP contribution in [-0.4, -0.2) is 69.3 Å². The molecule has 0 spiro atoms. The van der Waals surface area contributed by atoms with Crippen LogP contribution in [0, 0.1) is 0 Å². The Morgan fingerprint density at radius 3 is 1.38 bits per heavy atom. The smallest absolute Gasteiger partial charge is 0.342 e. The highest BCUT2D eigenvalue weighted by Crippen LogP contribution is 2.39. The second-order valence-electron chi connectivity index (χ2n) is 10.3. The molecule has 0 saturated carbocycles. The van der Waals surface area contributed by atoms with Gasteiger partial charge in [0, 0.05) is 43.4 Å². The number of carbonyl (C=O) groups is 7. The molecule has 0 radical (unpaired) electrons. The lowest BCUT2D eigenvalue weighted by Gasteiger charge is -2.24. The molecular formula is C34H26O13. The van der Waals surface area contributed by atoms with Crippen LogP contribution in [0.2, 0.25) is 0 Å². The van der Waals surface area contributed by atoms with Crippen LogP contribution < -0.4 is 0 Å². The minimum Gasteiger partial charge on any atom is -0.465 e. The molecule has 0 atom stereocenters. The maximum absolute atomic E-state index is 12.9. The number of esters is 2. The summed E-state index contributed by atoms with van der Waals surface area (Å²) in [5, 5.41) is 0. The second-order valence-corrected chi connectivity index (χ2v) is 10.3. The molecule has 4 aromatic rings. The molecule has 13 nitrogen and oxygen atoms in total. The van der Waals surface area contributed by atoms with Crippen molar-refractivity contribution in [2.45, 2.75) is 19.6 Å². The molecule has 0 saturated heterocycles. The molecule has 0 unspecified atom stereocenters. The van der Waals surface area contributed by atoms with E-state index < -0.39 is 46.6 Å². The van der Waals surface area contributed by atoms with Crippen molar-refractivity contribution in [3.63, 3.8) is 0 Å². The second kappa shape index (κ2) is 12.2. The van der Waals surface area contributed by atoms with E-state index in [2.05, 4.69) is 4.74 Å². The third-order valence-electron chi connectivity index (χ3n) is 7.81. The highest BCUT2D eigenvalue weighted by molar-refractivity contribution is 6.31. The molecule has 2 heterocycles. The number of carbonyl (C=O) groups excluding carboxylic acids is 7. The number of ether oxygens (including phenoxy) is 4. The number of hydrogen-bond acceptors (Lipinski definition) is 13. The fraction of sp³-hybridized carbons (Fsp3) is 0.206. The van der Waals surface area contributed by atoms with Gasteiger partial charge in [-0.05, 0) is 6.92 Å². The minimum atomic E-state index is -1.48. The van der Waals surface area contributed by atoms with Gasteiger partial charge in [0.05, 0.1) is 25.3 Å². The Kier molecular flexibility index (Phi) is 8.46. The van der Waals surface area contributed by atoms with Gasteiger partial charge in [-0.25, -0.2) is 9.59 Å². The Balaban J connectivity index is 0.000000186. The van der Waals surface area contributed by atoms with E-state index in [1.807, 2.05) is 0 Å². The zero-order valence-corrected chi connectivity index (χ0v) is 25.9. The summed E-state index contributed by atoms with van der Waals surface area (Å²) in [5.74, 6) is -6.77. The summed E-state index contributed by atoms with van der Waals surface area (Å²) in [4.78, 5) is 86.7. The van der Waals surface area contributed by atoms with Gasteiger partial charge < -0.3 is 27.8 Å². The van der Waals surface area contributed by atoms with Crippen LogP contribution in [-0.2, 0) is 24.7 Å². The van der Waals surface area contributed by atoms with Crippen LogP contribution in [0.4, 0.5) is 0 Å². The molecule has 0 amide bonds. The molecular weight excluding hydrogens is 616 g/mol. The first-order valence-electron chi connectivity index (χ1n) is 13.8. The molecule has 240 valence electrons. The van der Waals surface area contributed by atoms with Gasteiger partial charge in [0.15, 0.2) is 40.4 Å². The monoisotopic (exact) mass is 642 g/mol. The van der Waals surface area contributed by atoms with E-state index in [9.17, 15) is 33.6 Å². The fourth-order valence-electron chi connectivity index (χ4n) is 5.32. The topological polar surface area (TPSA) is 183 Å². The van der Waals surface area contributed by atoms with Crippen molar-refractivity contribution in [2.24, 2.45) is 0 Å². The predicted molar refractivity (Wildman–Crippen MR) is 158 cm³/mol. The number of Topliss-reactive ketones (excluding diaryl/α,β-unsaturated/α-hetero) is 1. The van der Waals surface area contributed by atoms with Crippen molar-refractivity contribution in [1.29, 1.82) is 0 Å². The van der Waals surface area contributed by atoms with E-state index in [0.29, 0.717) is 0 Å². The SMILES string of the molecule is COC(=O)c1c(C(C)(OC)OC)oc2c1C(=O)c1ccccc1C2=O.COC(=O)c1c(C(C)=O)oc2c1C(=O)c1ccccc1C2=O. The van der Waals surface area contributed by atoms with Gasteiger partial charge in [-0.1, -0.05) is 48.5 Å². The average molecular weight is 643 g/mol. The highest BCUT2D eigenvalue weighted by atomic mass is 16.7. The lowest BCUT2D eigenvalue weighted by molar-refractivity contribution is -0.213. The number of hydrogen-bond donors (Lipinski definition) is 0. The molecule has 47 heavy (non-hydrogen) atoms. The van der Waals surface area contributed by atoms with Crippen molar-refractivity contribution in [3.8, 4) is 0 Å². The molecule has 0 bridgehead atoms. The van der Waals surface area contributed by atoms with Crippen LogP contribution in [0.1, 0.15) is 115 Å². The molecule has 0 fully saturated rings. The Bertz CT molecular complexity index is 2030. The van der Waals surface area contributed by atoms with Crippen molar-refractivity contribution in [2.75, 3.05) is 28.4 Å². The van der Waals surface area contributed by atoms with Gasteiger partial charge in [0.25, 0.3) is 0 Å². The average Bonchev–Trinajstić information content (AvgIpc) is 3.71. The summed E-state index contributed by atoms with van der Waals surface area (Å²) in [6.07, 6.45) is 0. The summed E-state index contributed by atoms with van der Waals surface area (Å²) in [5.41, 5.74) is -0.0374. The normalized spacial score (nSPS) is 13.1. The molecule has 2 aromatic carbocycles. The molecule has 2 aliphatic carbocycles. The number of rotatable bonds is 6. The van der Waals surface area contributed by atoms with Gasteiger partial charge in [0.1, 0.15) is 11.1 Å². The summed E-state index contributed by atoms with van der Waals surface area (Å²) in [6, 6.07) is 12.6. The van der Waals surface area contributed by atoms with Crippen LogP contribution in [0.5, 0.6) is 0 Å². The first-order chi connectivity index (χ1) is 22.4. The highest BCUT2D eigenvalue weighted by Gasteiger charge is 2.45. The first-order valence-corrected chi connectivity index (χ1v) is 13.8. The third-order valence-corrected chi connectivity index (χ3v) is 7.81. The van der Waals surface area contributed by atoms with E-state index in [1.54, 1.807) is 24.3 Å². The van der Waals surface area contributed by atoms with Crippen molar-refractivity contribution in [3.05, 3.63) is 116 Å². The quantitative estimate of drug-likeness (QED) is 0.142. The van der Waals surface area contributed by atoms with Crippen molar-refractivity contribution in [1.82, 2.24) is 0 Å². The van der Waals surface area contributed by atoms with Gasteiger partial charge in [-0.15, -0.1) is 0 Å². The standard InChI is InChI=1S/C18H16O7.C16H10O6/c1-18(23-3,24-4)16-12(17(21)22-2)11-13(19)9-7-5-6-8-10(9)14(20)15(11)25-16;1-7(17)14-11(16(20)21-2)10-12(18)8-5-3-4-6-9(8)13(19)15(10)22-14/h5-8H,1-4H3;3-6H,1-2H3. The van der Waals surface area contributed by atoms with Gasteiger partial charge in [-0.2, -0.15) is 0 Å². The van der Waals surface area contributed by atoms with Gasteiger partial charge in [-0.3, -0.25) is 24.0 Å². The number of ketones is 5. The maximum atomic E-state index is 12.9. The Labute approximate surface area is 266 Å². The first kappa shape index (κ1) is 32.6. The summed E-state index contributed by atoms with van der Waals surface area (Å²) >= 11 is 0. The van der Waals surface area contributed by atoms with Crippen LogP contribution in [0.3, 0.4) is 0 Å². The number of methoxy groups -OCH3 is 4. The van der Waals surface area contributed by atoms with E-state index in [-0.39, 0.29) is 67.5 Å². The minimum absolute atomic E-state index is 0.0937. The van der Waals surface area contributed by atoms with E-state index in [4.69, 9.17) is 23.0 Å². The van der Waals surface area contributed by atoms with E-state index >= 15 is 0 Å². The molecule has 0 aliphatic heterocycles. The number of fused-ring (bicyclic) bond motifs is 4. The molecule has 2 aromatic heterocycles. The zero-order valence-electron chi connectivity index (χ0n) is 25.9. The summed E-state index contributed by atoms with van der Waals surface area (Å²) < 4.78 is 30.8. The van der Waals surface area contributed by atoms with Crippen molar-refractivity contribution < 1.29 is 61.3 Å². The Morgan fingerprint density at radius 1 is 0.596 bits per heavy atom. The molecule has 6 rings (SSSR count). The molecule has 2 aliphatic rings. The molecule has 0 N–H and O–H groups in total. The number of benzene rings is 2. The summed E-state index contributed by atoms with van der Waals surface area (Å²) in [7, 11) is 5.00. The van der Waals surface area contributed by atoms with Crippen LogP contribution >= 0.6 is 0 Å². The Morgan fingerprint density at radius 2 is 0.979 bits per heavy atom. The summed E-state index contributed by atoms with van der Waals surface area (Å²) in [6.45, 7) is 2.69. The van der Waals surface area contributed by atoms with Crippen LogP contribution in [0.15, 0.2) is 57.4 Å². The third kappa shape index (κ3) is 5.01. The number of furan rings is 2. The van der Waals surface area contributed by atoms with Crippen LogP contribution in [0.25, 0.3) is 0 Å². The largest absolute Gasteiger partial charge is 0.465 e. The van der Waals surface area contributed by atoms with Crippen molar-refractivity contribution >= 4 is 40.9 Å². The Hall–Kier alpha value is -5.79. The zero-order chi connectivity index (χ0) is 34.4. The lowest BCUT2D eigenvalue weighted by Crippen LogP contribution is -2.29. The van der Waals surface area contributed by atoms with Gasteiger partial charge in [0.2, 0.25) is 17.4 Å². The lowest BCUT2D eigenvalue weighted by atomic mass is 9.86.